The number of nitrogens with one attached hydrogen (secondary N) is 1. The molecule has 0 saturated heterocycles. The highest BCUT2D eigenvalue weighted by Gasteiger charge is 2.27. The smallest absolute Gasteiger partial charge is 0.242 e. The zero-order chi connectivity index (χ0) is 22.8. The van der Waals surface area contributed by atoms with Gasteiger partial charge in [-0.2, -0.15) is 0 Å². The number of unbranched alkanes of at least 4 members (excludes halogenated alkanes) is 1. The van der Waals surface area contributed by atoms with Crippen LogP contribution in [-0.2, 0) is 21.9 Å². The molecule has 2 rings (SSSR count). The summed E-state index contributed by atoms with van der Waals surface area (Å²) in [6.07, 6.45) is 1.87. The summed E-state index contributed by atoms with van der Waals surface area (Å²) in [7, 11) is 0. The summed E-state index contributed by atoms with van der Waals surface area (Å²) in [5, 5.41) is 4.50. The van der Waals surface area contributed by atoms with Crippen LogP contribution in [0.25, 0.3) is 0 Å². The second kappa shape index (κ2) is 13.2. The Labute approximate surface area is 203 Å². The third-order valence-corrected chi connectivity index (χ3v) is 6.70. The molecule has 0 heterocycles. The van der Waals surface area contributed by atoms with E-state index in [0.717, 1.165) is 18.4 Å². The maximum absolute atomic E-state index is 13.1. The number of hydrogen-bond acceptors (Lipinski definition) is 3. The third-order valence-electron chi connectivity index (χ3n) is 4.77. The number of benzene rings is 2. The van der Waals surface area contributed by atoms with Gasteiger partial charge in [-0.05, 0) is 43.2 Å². The molecule has 0 aliphatic carbocycles. The lowest BCUT2D eigenvalue weighted by atomic mass is 10.1. The molecule has 0 fully saturated rings. The summed E-state index contributed by atoms with van der Waals surface area (Å²) in [4.78, 5) is 27.3. The van der Waals surface area contributed by atoms with E-state index in [-0.39, 0.29) is 24.1 Å². The van der Waals surface area contributed by atoms with Crippen LogP contribution in [0.5, 0.6) is 0 Å². The summed E-state index contributed by atoms with van der Waals surface area (Å²) < 4.78 is 0. The van der Waals surface area contributed by atoms with Gasteiger partial charge in [-0.25, -0.2) is 0 Å². The molecule has 0 aromatic heterocycles. The lowest BCUT2D eigenvalue weighted by Crippen LogP contribution is -2.48. The van der Waals surface area contributed by atoms with Gasteiger partial charge in [0.15, 0.2) is 0 Å². The number of carbonyl (C=O) groups is 2. The van der Waals surface area contributed by atoms with Crippen molar-refractivity contribution >= 4 is 58.4 Å². The Morgan fingerprint density at radius 3 is 2.42 bits per heavy atom. The first-order valence-corrected chi connectivity index (χ1v) is 12.4. The average molecular weight is 502 g/mol. The van der Waals surface area contributed by atoms with E-state index in [1.165, 1.54) is 11.8 Å². The minimum atomic E-state index is -0.650. The van der Waals surface area contributed by atoms with Crippen molar-refractivity contribution in [3.63, 3.8) is 0 Å². The van der Waals surface area contributed by atoms with E-state index in [9.17, 15) is 9.59 Å². The molecule has 1 atom stereocenters. The number of nitrogens with zero attached hydrogens (tertiary/aromatic N) is 1. The predicted molar refractivity (Wildman–Crippen MR) is 132 cm³/mol. The van der Waals surface area contributed by atoms with E-state index in [0.29, 0.717) is 32.9 Å². The molecule has 0 spiro atoms. The summed E-state index contributed by atoms with van der Waals surface area (Å²) >= 11 is 20.2. The van der Waals surface area contributed by atoms with Crippen LogP contribution >= 0.6 is 46.6 Å². The Balaban J connectivity index is 2.11. The molecule has 2 aromatic carbocycles. The van der Waals surface area contributed by atoms with Crippen LogP contribution in [-0.4, -0.2) is 35.1 Å². The van der Waals surface area contributed by atoms with Crippen LogP contribution in [0.15, 0.2) is 42.5 Å². The fourth-order valence-electron chi connectivity index (χ4n) is 2.94. The molecule has 0 unspecified atom stereocenters. The van der Waals surface area contributed by atoms with Crippen LogP contribution in [0.3, 0.4) is 0 Å². The summed E-state index contributed by atoms with van der Waals surface area (Å²) in [6, 6.07) is 12.1. The first-order chi connectivity index (χ1) is 14.8. The van der Waals surface area contributed by atoms with Gasteiger partial charge in [0, 0.05) is 39.5 Å². The SMILES string of the molecule is CCCCNC(=O)[C@@H](C)N(Cc1c(Cl)cccc1Cl)C(=O)CSCc1cccc(Cl)c1. The molecule has 2 amide bonds. The Hall–Kier alpha value is -1.40. The van der Waals surface area contributed by atoms with Crippen molar-refractivity contribution in [3.8, 4) is 0 Å². The van der Waals surface area contributed by atoms with Gasteiger partial charge < -0.3 is 10.2 Å². The average Bonchev–Trinajstić information content (AvgIpc) is 2.73. The Morgan fingerprint density at radius 1 is 1.10 bits per heavy atom. The molecule has 0 aliphatic heterocycles. The van der Waals surface area contributed by atoms with Crippen LogP contribution in [0.4, 0.5) is 0 Å². The van der Waals surface area contributed by atoms with Gasteiger partial charge in [-0.1, -0.05) is 66.3 Å². The number of halogens is 3. The first kappa shape index (κ1) is 25.9. The predicted octanol–water partition coefficient (Wildman–Crippen LogP) is 6.21. The molecular formula is C23H27Cl3N2O2S. The fraction of sp³-hybridized carbons (Fsp3) is 0.391. The Kier molecular flexibility index (Phi) is 11.0. The van der Waals surface area contributed by atoms with Gasteiger partial charge in [-0.3, -0.25) is 9.59 Å². The number of amides is 2. The molecule has 0 radical (unpaired) electrons. The van der Waals surface area contributed by atoms with Crippen molar-refractivity contribution in [2.75, 3.05) is 12.3 Å². The highest BCUT2D eigenvalue weighted by molar-refractivity contribution is 7.99. The normalized spacial score (nSPS) is 11.8. The molecule has 0 bridgehead atoms. The largest absolute Gasteiger partial charge is 0.354 e. The van der Waals surface area contributed by atoms with Gasteiger partial charge >= 0.3 is 0 Å². The van der Waals surface area contributed by atoms with Crippen molar-refractivity contribution in [3.05, 3.63) is 68.7 Å². The van der Waals surface area contributed by atoms with E-state index in [2.05, 4.69) is 12.2 Å². The van der Waals surface area contributed by atoms with Gasteiger partial charge in [0.1, 0.15) is 6.04 Å². The second-order valence-corrected chi connectivity index (χ2v) is 9.40. The summed E-state index contributed by atoms with van der Waals surface area (Å²) in [5.74, 6) is 0.525. The zero-order valence-corrected chi connectivity index (χ0v) is 20.8. The number of hydrogen-bond donors (Lipinski definition) is 1. The highest BCUT2D eigenvalue weighted by atomic mass is 35.5. The topological polar surface area (TPSA) is 49.4 Å². The standard InChI is InChI=1S/C23H27Cl3N2O2S/c1-3-4-11-27-23(30)16(2)28(13-19-20(25)9-6-10-21(19)26)22(29)15-31-14-17-7-5-8-18(24)12-17/h5-10,12,16H,3-4,11,13-15H2,1-2H3,(H,27,30)/t16-/m1/s1. The molecule has 8 heteroatoms. The lowest BCUT2D eigenvalue weighted by molar-refractivity contribution is -0.138. The molecule has 0 saturated carbocycles. The third kappa shape index (κ3) is 8.23. The lowest BCUT2D eigenvalue weighted by Gasteiger charge is -2.29. The van der Waals surface area contributed by atoms with Crippen LogP contribution in [0, 0.1) is 0 Å². The van der Waals surface area contributed by atoms with Crippen molar-refractivity contribution in [2.45, 2.75) is 45.0 Å². The summed E-state index contributed by atoms with van der Waals surface area (Å²) in [6.45, 7) is 4.53. The van der Waals surface area contributed by atoms with E-state index >= 15 is 0 Å². The Bertz CT molecular complexity index is 875. The molecule has 1 N–H and O–H groups in total. The number of rotatable bonds is 11. The van der Waals surface area contributed by atoms with Crippen molar-refractivity contribution in [2.24, 2.45) is 0 Å². The van der Waals surface area contributed by atoms with E-state index in [1.54, 1.807) is 30.0 Å². The van der Waals surface area contributed by atoms with Crippen LogP contribution in [0.2, 0.25) is 15.1 Å². The first-order valence-electron chi connectivity index (χ1n) is 10.2. The molecule has 2 aromatic rings. The molecule has 0 aliphatic rings. The van der Waals surface area contributed by atoms with E-state index < -0.39 is 6.04 Å². The van der Waals surface area contributed by atoms with Crippen LogP contribution < -0.4 is 5.32 Å². The van der Waals surface area contributed by atoms with Gasteiger partial charge in [0.2, 0.25) is 11.8 Å². The molecule has 4 nitrogen and oxygen atoms in total. The van der Waals surface area contributed by atoms with Crippen molar-refractivity contribution in [1.82, 2.24) is 10.2 Å². The van der Waals surface area contributed by atoms with Gasteiger partial charge in [0.05, 0.1) is 5.75 Å². The summed E-state index contributed by atoms with van der Waals surface area (Å²) in [5.41, 5.74) is 1.67. The zero-order valence-electron chi connectivity index (χ0n) is 17.7. The maximum Gasteiger partial charge on any atom is 0.242 e. The molecule has 168 valence electrons. The number of carbonyl (C=O) groups excluding carboxylic acids is 2. The molecule has 31 heavy (non-hydrogen) atoms. The fourth-order valence-corrected chi connectivity index (χ4v) is 4.53. The van der Waals surface area contributed by atoms with Crippen molar-refractivity contribution in [1.29, 1.82) is 0 Å². The Morgan fingerprint density at radius 2 is 1.77 bits per heavy atom. The van der Waals surface area contributed by atoms with Gasteiger partial charge in [-0.15, -0.1) is 11.8 Å². The van der Waals surface area contributed by atoms with Crippen molar-refractivity contribution < 1.29 is 9.59 Å². The minimum absolute atomic E-state index is 0.152. The van der Waals surface area contributed by atoms with E-state index in [1.807, 2.05) is 24.3 Å². The number of thioether (sulfide) groups is 1. The minimum Gasteiger partial charge on any atom is -0.354 e. The quantitative estimate of drug-likeness (QED) is 0.372. The maximum atomic E-state index is 13.1. The second-order valence-electron chi connectivity index (χ2n) is 7.17. The van der Waals surface area contributed by atoms with Gasteiger partial charge in [0.25, 0.3) is 0 Å². The molecular weight excluding hydrogens is 475 g/mol. The monoisotopic (exact) mass is 500 g/mol. The van der Waals surface area contributed by atoms with E-state index in [4.69, 9.17) is 34.8 Å². The van der Waals surface area contributed by atoms with Crippen LogP contribution in [0.1, 0.15) is 37.8 Å². The highest BCUT2D eigenvalue weighted by Crippen LogP contribution is 2.27.